The first-order valence-corrected chi connectivity index (χ1v) is 7.37. The third-order valence-corrected chi connectivity index (χ3v) is 4.54. The van der Waals surface area contributed by atoms with Crippen molar-refractivity contribution in [1.29, 1.82) is 0 Å². The molecule has 0 aromatic heterocycles. The molecular formula is C17H22N2O. The highest BCUT2D eigenvalue weighted by Gasteiger charge is 2.35. The van der Waals surface area contributed by atoms with E-state index in [0.29, 0.717) is 11.8 Å². The van der Waals surface area contributed by atoms with Crippen LogP contribution >= 0.6 is 0 Å². The zero-order chi connectivity index (χ0) is 14.1. The van der Waals surface area contributed by atoms with Crippen LogP contribution in [-0.2, 0) is 0 Å². The minimum Gasteiger partial charge on any atom is -0.378 e. The van der Waals surface area contributed by atoms with Crippen molar-refractivity contribution in [3.63, 3.8) is 0 Å². The van der Waals surface area contributed by atoms with Crippen molar-refractivity contribution in [1.82, 2.24) is 4.90 Å². The van der Waals surface area contributed by atoms with Crippen molar-refractivity contribution in [3.05, 3.63) is 42.0 Å². The molecule has 1 aliphatic carbocycles. The lowest BCUT2D eigenvalue weighted by molar-refractivity contribution is 0.0784. The van der Waals surface area contributed by atoms with E-state index in [9.17, 15) is 4.79 Å². The summed E-state index contributed by atoms with van der Waals surface area (Å²) in [6.45, 7) is 1.84. The number of carbonyl (C=O) groups is 1. The molecule has 0 saturated carbocycles. The first-order chi connectivity index (χ1) is 9.65. The molecule has 0 spiro atoms. The zero-order valence-corrected chi connectivity index (χ0v) is 12.2. The van der Waals surface area contributed by atoms with Crippen LogP contribution in [0, 0.1) is 11.8 Å². The summed E-state index contributed by atoms with van der Waals surface area (Å²) < 4.78 is 0. The third kappa shape index (κ3) is 2.45. The van der Waals surface area contributed by atoms with Crippen LogP contribution in [0.1, 0.15) is 23.2 Å². The van der Waals surface area contributed by atoms with Gasteiger partial charge >= 0.3 is 0 Å². The summed E-state index contributed by atoms with van der Waals surface area (Å²) in [5.74, 6) is 1.53. The molecule has 20 heavy (non-hydrogen) atoms. The van der Waals surface area contributed by atoms with Gasteiger partial charge in [0.2, 0.25) is 0 Å². The molecule has 3 rings (SSSR count). The summed E-state index contributed by atoms with van der Waals surface area (Å²) in [7, 11) is 4.02. The molecule has 1 saturated heterocycles. The lowest BCUT2D eigenvalue weighted by Crippen LogP contribution is -2.29. The molecule has 1 fully saturated rings. The Bertz CT molecular complexity index is 502. The summed E-state index contributed by atoms with van der Waals surface area (Å²) in [4.78, 5) is 16.6. The van der Waals surface area contributed by atoms with Gasteiger partial charge in [-0.2, -0.15) is 0 Å². The molecule has 2 aliphatic rings. The molecular weight excluding hydrogens is 248 g/mol. The van der Waals surface area contributed by atoms with Gasteiger partial charge in [0.1, 0.15) is 0 Å². The van der Waals surface area contributed by atoms with Gasteiger partial charge in [-0.3, -0.25) is 4.79 Å². The van der Waals surface area contributed by atoms with Crippen LogP contribution in [0.5, 0.6) is 0 Å². The van der Waals surface area contributed by atoms with E-state index in [1.165, 1.54) is 0 Å². The fourth-order valence-electron chi connectivity index (χ4n) is 3.27. The molecule has 0 N–H and O–H groups in total. The lowest BCUT2D eigenvalue weighted by Gasteiger charge is -2.17. The SMILES string of the molecule is CN(C)c1ccc(C(=O)N2CC3CC=CCC3C2)cc1. The summed E-state index contributed by atoms with van der Waals surface area (Å²) in [5, 5.41) is 0. The summed E-state index contributed by atoms with van der Waals surface area (Å²) >= 11 is 0. The highest BCUT2D eigenvalue weighted by Crippen LogP contribution is 2.33. The Hall–Kier alpha value is -1.77. The summed E-state index contributed by atoms with van der Waals surface area (Å²) in [5.41, 5.74) is 1.93. The second kappa shape index (κ2) is 5.31. The zero-order valence-electron chi connectivity index (χ0n) is 12.2. The number of amides is 1. The van der Waals surface area contributed by atoms with E-state index >= 15 is 0 Å². The van der Waals surface area contributed by atoms with Crippen molar-refractivity contribution in [2.24, 2.45) is 11.8 Å². The maximum atomic E-state index is 12.6. The van der Waals surface area contributed by atoms with Crippen molar-refractivity contribution >= 4 is 11.6 Å². The smallest absolute Gasteiger partial charge is 0.253 e. The van der Waals surface area contributed by atoms with Crippen LogP contribution in [0.4, 0.5) is 5.69 Å². The average molecular weight is 270 g/mol. The largest absolute Gasteiger partial charge is 0.378 e. The molecule has 3 nitrogen and oxygen atoms in total. The number of hydrogen-bond acceptors (Lipinski definition) is 2. The highest BCUT2D eigenvalue weighted by atomic mass is 16.2. The first kappa shape index (κ1) is 13.2. The first-order valence-electron chi connectivity index (χ1n) is 7.37. The van der Waals surface area contributed by atoms with Crippen LogP contribution in [0.2, 0.25) is 0 Å². The second-order valence-corrected chi connectivity index (χ2v) is 6.11. The standard InChI is InChI=1S/C17H22N2O/c1-18(2)16-9-7-13(8-10-16)17(20)19-11-14-5-3-4-6-15(14)12-19/h3-4,7-10,14-15H,5-6,11-12H2,1-2H3. The number of likely N-dealkylation sites (tertiary alicyclic amines) is 1. The van der Waals surface area contributed by atoms with Crippen molar-refractivity contribution < 1.29 is 4.79 Å². The highest BCUT2D eigenvalue weighted by molar-refractivity contribution is 5.94. The number of carbonyl (C=O) groups excluding carboxylic acids is 1. The third-order valence-electron chi connectivity index (χ3n) is 4.54. The Labute approximate surface area is 120 Å². The van der Waals surface area contributed by atoms with Crippen LogP contribution < -0.4 is 4.90 Å². The van der Waals surface area contributed by atoms with E-state index < -0.39 is 0 Å². The maximum absolute atomic E-state index is 12.6. The molecule has 1 aromatic carbocycles. The molecule has 106 valence electrons. The Morgan fingerprint density at radius 3 is 2.10 bits per heavy atom. The van der Waals surface area contributed by atoms with E-state index in [2.05, 4.69) is 12.2 Å². The molecule has 1 aliphatic heterocycles. The summed E-state index contributed by atoms with van der Waals surface area (Å²) in [6, 6.07) is 7.91. The van der Waals surface area contributed by atoms with Gasteiger partial charge in [0.05, 0.1) is 0 Å². The van der Waals surface area contributed by atoms with Gasteiger partial charge in [-0.1, -0.05) is 12.2 Å². The molecule has 2 unspecified atom stereocenters. The molecule has 2 atom stereocenters. The number of fused-ring (bicyclic) bond motifs is 1. The average Bonchev–Trinajstić information content (AvgIpc) is 2.90. The van der Waals surface area contributed by atoms with Gasteiger partial charge in [-0.05, 0) is 48.9 Å². The van der Waals surface area contributed by atoms with Gasteiger partial charge in [0, 0.05) is 38.4 Å². The Balaban J connectivity index is 1.70. The minimum atomic E-state index is 0.185. The number of rotatable bonds is 2. The number of nitrogens with zero attached hydrogens (tertiary/aromatic N) is 2. The predicted molar refractivity (Wildman–Crippen MR) is 82.0 cm³/mol. The van der Waals surface area contributed by atoms with Gasteiger partial charge in [0.25, 0.3) is 5.91 Å². The van der Waals surface area contributed by atoms with E-state index in [-0.39, 0.29) is 5.91 Å². The van der Waals surface area contributed by atoms with Gasteiger partial charge in [0.15, 0.2) is 0 Å². The predicted octanol–water partition coefficient (Wildman–Crippen LogP) is 2.79. The molecule has 3 heteroatoms. The second-order valence-electron chi connectivity index (χ2n) is 6.11. The van der Waals surface area contributed by atoms with Gasteiger partial charge < -0.3 is 9.80 Å². The van der Waals surface area contributed by atoms with Crippen LogP contribution in [0.15, 0.2) is 36.4 Å². The number of allylic oxidation sites excluding steroid dienone is 2. The number of hydrogen-bond donors (Lipinski definition) is 0. The van der Waals surface area contributed by atoms with E-state index in [1.54, 1.807) is 0 Å². The summed E-state index contributed by atoms with van der Waals surface area (Å²) in [6.07, 6.45) is 6.80. The molecule has 1 amide bonds. The van der Waals surface area contributed by atoms with E-state index in [4.69, 9.17) is 0 Å². The van der Waals surface area contributed by atoms with Crippen molar-refractivity contribution in [3.8, 4) is 0 Å². The fraction of sp³-hybridized carbons (Fsp3) is 0.471. The van der Waals surface area contributed by atoms with Crippen LogP contribution in [0.25, 0.3) is 0 Å². The van der Waals surface area contributed by atoms with Gasteiger partial charge in [-0.25, -0.2) is 0 Å². The minimum absolute atomic E-state index is 0.185. The molecule has 1 heterocycles. The number of benzene rings is 1. The maximum Gasteiger partial charge on any atom is 0.253 e. The molecule has 0 bridgehead atoms. The van der Waals surface area contributed by atoms with Crippen LogP contribution in [-0.4, -0.2) is 38.0 Å². The normalized spacial score (nSPS) is 24.6. The fourth-order valence-corrected chi connectivity index (χ4v) is 3.27. The Morgan fingerprint density at radius 2 is 1.60 bits per heavy atom. The number of anilines is 1. The van der Waals surface area contributed by atoms with Crippen molar-refractivity contribution in [2.45, 2.75) is 12.8 Å². The topological polar surface area (TPSA) is 23.6 Å². The molecule has 0 radical (unpaired) electrons. The van der Waals surface area contributed by atoms with E-state index in [0.717, 1.165) is 37.2 Å². The molecule has 1 aromatic rings. The monoisotopic (exact) mass is 270 g/mol. The van der Waals surface area contributed by atoms with E-state index in [1.807, 2.05) is 48.2 Å². The Kier molecular flexibility index (Phi) is 3.51. The quantitative estimate of drug-likeness (QED) is 0.772. The lowest BCUT2D eigenvalue weighted by atomic mass is 9.86. The Morgan fingerprint density at radius 1 is 1.05 bits per heavy atom. The van der Waals surface area contributed by atoms with Crippen LogP contribution in [0.3, 0.4) is 0 Å². The van der Waals surface area contributed by atoms with Gasteiger partial charge in [-0.15, -0.1) is 0 Å². The van der Waals surface area contributed by atoms with Crippen molar-refractivity contribution in [2.75, 3.05) is 32.1 Å².